The summed E-state index contributed by atoms with van der Waals surface area (Å²) in [7, 11) is 1.65. The van der Waals surface area contributed by atoms with E-state index in [2.05, 4.69) is 6.08 Å². The Hall–Kier alpha value is -2.01. The molecule has 118 valence electrons. The van der Waals surface area contributed by atoms with E-state index in [1.165, 1.54) is 0 Å². The van der Waals surface area contributed by atoms with Gasteiger partial charge >= 0.3 is 6.09 Å². The number of rotatable bonds is 7. The average Bonchev–Trinajstić information content (AvgIpc) is 3.13. The second-order valence-electron chi connectivity index (χ2n) is 5.54. The predicted octanol–water partition coefficient (Wildman–Crippen LogP) is 2.75. The van der Waals surface area contributed by atoms with E-state index in [0.717, 1.165) is 24.2 Å². The van der Waals surface area contributed by atoms with E-state index in [9.17, 15) is 4.79 Å². The number of amides is 1. The van der Waals surface area contributed by atoms with Crippen LogP contribution in [0.4, 0.5) is 4.79 Å². The Labute approximate surface area is 130 Å². The molecule has 0 spiro atoms. The number of ether oxygens (including phenoxy) is 3. The molecular formula is C17H21NO4. The summed E-state index contributed by atoms with van der Waals surface area (Å²) in [5, 5.41) is 0. The maximum absolute atomic E-state index is 11.6. The smallest absolute Gasteiger partial charge is 0.411 e. The van der Waals surface area contributed by atoms with Gasteiger partial charge in [0.2, 0.25) is 0 Å². The van der Waals surface area contributed by atoms with E-state index in [4.69, 9.17) is 14.2 Å². The van der Waals surface area contributed by atoms with Gasteiger partial charge in [-0.05, 0) is 30.5 Å². The number of fused-ring (bicyclic) bond motifs is 1. The summed E-state index contributed by atoms with van der Waals surface area (Å²) in [5.74, 6) is 0.848. The van der Waals surface area contributed by atoms with Gasteiger partial charge in [-0.25, -0.2) is 4.79 Å². The second-order valence-corrected chi connectivity index (χ2v) is 5.54. The molecular weight excluding hydrogens is 282 g/mol. The largest absolute Gasteiger partial charge is 0.497 e. The molecule has 5 heteroatoms. The van der Waals surface area contributed by atoms with Gasteiger partial charge in [-0.1, -0.05) is 24.3 Å². The molecule has 0 N–H and O–H groups in total. The summed E-state index contributed by atoms with van der Waals surface area (Å²) < 4.78 is 16.2. The van der Waals surface area contributed by atoms with Crippen molar-refractivity contribution in [2.24, 2.45) is 0 Å². The summed E-state index contributed by atoms with van der Waals surface area (Å²) in [6, 6.07) is 7.97. The minimum Gasteiger partial charge on any atom is -0.497 e. The minimum absolute atomic E-state index is 0.0316. The molecule has 22 heavy (non-hydrogen) atoms. The van der Waals surface area contributed by atoms with Crippen molar-refractivity contribution in [3.05, 3.63) is 42.0 Å². The lowest BCUT2D eigenvalue weighted by Gasteiger charge is -2.15. The number of benzene rings is 1. The van der Waals surface area contributed by atoms with E-state index in [-0.39, 0.29) is 18.2 Å². The number of hydrogen-bond donors (Lipinski definition) is 0. The Kier molecular flexibility index (Phi) is 4.63. The lowest BCUT2D eigenvalue weighted by Crippen LogP contribution is -2.31. The van der Waals surface area contributed by atoms with Crippen LogP contribution in [-0.2, 0) is 16.1 Å². The molecule has 1 saturated heterocycles. The van der Waals surface area contributed by atoms with Crippen molar-refractivity contribution in [1.82, 2.24) is 4.90 Å². The van der Waals surface area contributed by atoms with Crippen molar-refractivity contribution in [3.63, 3.8) is 0 Å². The van der Waals surface area contributed by atoms with Crippen molar-refractivity contribution in [2.45, 2.75) is 31.6 Å². The number of carbonyl (C=O) groups excluding carboxylic acids is 1. The quantitative estimate of drug-likeness (QED) is 0.574. The monoisotopic (exact) mass is 303 g/mol. The van der Waals surface area contributed by atoms with Crippen LogP contribution in [0, 0.1) is 0 Å². The number of cyclic esters (lactones) is 1. The third kappa shape index (κ3) is 3.25. The van der Waals surface area contributed by atoms with Crippen LogP contribution in [0.2, 0.25) is 0 Å². The number of methoxy groups -OCH3 is 1. The Morgan fingerprint density at radius 3 is 2.91 bits per heavy atom. The van der Waals surface area contributed by atoms with Crippen LogP contribution in [0.25, 0.3) is 0 Å². The van der Waals surface area contributed by atoms with Gasteiger partial charge in [-0.3, -0.25) is 4.90 Å². The van der Waals surface area contributed by atoms with E-state index < -0.39 is 0 Å². The Balaban J connectivity index is 1.35. The van der Waals surface area contributed by atoms with Gasteiger partial charge in [0.1, 0.15) is 11.9 Å². The zero-order valence-corrected chi connectivity index (χ0v) is 12.7. The van der Waals surface area contributed by atoms with Gasteiger partial charge < -0.3 is 14.2 Å². The van der Waals surface area contributed by atoms with E-state index in [1.54, 1.807) is 12.0 Å². The highest BCUT2D eigenvalue weighted by Crippen LogP contribution is 2.27. The second kappa shape index (κ2) is 6.83. The molecule has 2 aliphatic rings. The third-order valence-corrected chi connectivity index (χ3v) is 4.07. The standard InChI is InChI=1S/C17H21NO4/c1-20-14-8-6-13(7-9-14)12-21-11-3-5-16-15-4-2-10-18(15)17(19)22-16/h2,4,6-9,15-16H,3,5,10-12H2,1H3/t15-,16+/m0/s1. The normalized spacial score (nSPS) is 22.8. The summed E-state index contributed by atoms with van der Waals surface area (Å²) in [4.78, 5) is 13.4. The summed E-state index contributed by atoms with van der Waals surface area (Å²) in [6.45, 7) is 1.92. The molecule has 5 nitrogen and oxygen atoms in total. The zero-order valence-electron chi connectivity index (χ0n) is 12.7. The van der Waals surface area contributed by atoms with Gasteiger partial charge in [0, 0.05) is 13.2 Å². The van der Waals surface area contributed by atoms with Crippen molar-refractivity contribution in [1.29, 1.82) is 0 Å². The van der Waals surface area contributed by atoms with Gasteiger partial charge in [-0.15, -0.1) is 0 Å². The fourth-order valence-electron chi connectivity index (χ4n) is 2.86. The maximum atomic E-state index is 11.6. The molecule has 0 radical (unpaired) electrons. The molecule has 0 unspecified atom stereocenters. The molecule has 0 aromatic heterocycles. The summed E-state index contributed by atoms with van der Waals surface area (Å²) >= 11 is 0. The van der Waals surface area contributed by atoms with Crippen LogP contribution in [0.5, 0.6) is 5.75 Å². The molecule has 3 rings (SSSR count). The number of carbonyl (C=O) groups is 1. The molecule has 0 saturated carbocycles. The van der Waals surface area contributed by atoms with Crippen LogP contribution in [-0.4, -0.2) is 43.4 Å². The average molecular weight is 303 g/mol. The highest BCUT2D eigenvalue weighted by atomic mass is 16.6. The van der Waals surface area contributed by atoms with Crippen LogP contribution >= 0.6 is 0 Å². The lowest BCUT2D eigenvalue weighted by molar-refractivity contribution is 0.0939. The SMILES string of the molecule is COc1ccc(COCCC[C@H]2OC(=O)N3CC=C[C@@H]23)cc1. The molecule has 1 fully saturated rings. The van der Waals surface area contributed by atoms with Gasteiger partial charge in [0.15, 0.2) is 0 Å². The fraction of sp³-hybridized carbons (Fsp3) is 0.471. The van der Waals surface area contributed by atoms with Crippen LogP contribution < -0.4 is 4.74 Å². The molecule has 0 aliphatic carbocycles. The highest BCUT2D eigenvalue weighted by Gasteiger charge is 2.41. The van der Waals surface area contributed by atoms with Crippen molar-refractivity contribution in [2.75, 3.05) is 20.3 Å². The molecule has 1 amide bonds. The first-order chi connectivity index (χ1) is 10.8. The molecule has 0 bridgehead atoms. The van der Waals surface area contributed by atoms with E-state index in [1.807, 2.05) is 30.3 Å². The van der Waals surface area contributed by atoms with E-state index in [0.29, 0.717) is 19.8 Å². The summed E-state index contributed by atoms with van der Waals surface area (Å²) in [5.41, 5.74) is 1.12. The number of hydrogen-bond acceptors (Lipinski definition) is 4. The molecule has 2 aliphatic heterocycles. The Bertz CT molecular complexity index is 540. The van der Waals surface area contributed by atoms with Gasteiger partial charge in [0.25, 0.3) is 0 Å². The van der Waals surface area contributed by atoms with Crippen LogP contribution in [0.3, 0.4) is 0 Å². The van der Waals surface area contributed by atoms with Crippen molar-refractivity contribution in [3.8, 4) is 5.75 Å². The van der Waals surface area contributed by atoms with Crippen molar-refractivity contribution >= 4 is 6.09 Å². The zero-order chi connectivity index (χ0) is 15.4. The first-order valence-electron chi connectivity index (χ1n) is 7.62. The number of nitrogens with zero attached hydrogens (tertiary/aromatic N) is 1. The molecule has 2 atom stereocenters. The van der Waals surface area contributed by atoms with Crippen LogP contribution in [0.1, 0.15) is 18.4 Å². The maximum Gasteiger partial charge on any atom is 0.411 e. The Morgan fingerprint density at radius 1 is 1.32 bits per heavy atom. The van der Waals surface area contributed by atoms with Gasteiger partial charge in [-0.2, -0.15) is 0 Å². The fourth-order valence-corrected chi connectivity index (χ4v) is 2.86. The topological polar surface area (TPSA) is 48.0 Å². The summed E-state index contributed by atoms with van der Waals surface area (Å²) in [6.07, 6.45) is 5.58. The van der Waals surface area contributed by atoms with Crippen LogP contribution in [0.15, 0.2) is 36.4 Å². The van der Waals surface area contributed by atoms with Gasteiger partial charge in [0.05, 0.1) is 19.8 Å². The Morgan fingerprint density at radius 2 is 2.14 bits per heavy atom. The molecule has 2 heterocycles. The minimum atomic E-state index is -0.195. The highest BCUT2D eigenvalue weighted by molar-refractivity contribution is 5.72. The molecule has 1 aromatic carbocycles. The predicted molar refractivity (Wildman–Crippen MR) is 81.8 cm³/mol. The third-order valence-electron chi connectivity index (χ3n) is 4.07. The lowest BCUT2D eigenvalue weighted by atomic mass is 10.1. The first kappa shape index (κ1) is 14.9. The van der Waals surface area contributed by atoms with E-state index >= 15 is 0 Å². The van der Waals surface area contributed by atoms with Crippen molar-refractivity contribution < 1.29 is 19.0 Å². The molecule has 1 aromatic rings. The first-order valence-corrected chi connectivity index (χ1v) is 7.62.